The Bertz CT molecular complexity index is 1470. The monoisotopic (exact) mass is 581 g/mol. The molecule has 220 valence electrons. The van der Waals surface area contributed by atoms with E-state index in [0.29, 0.717) is 22.6 Å². The largest absolute Gasteiger partial charge is 0.408 e. The zero-order chi connectivity index (χ0) is 29.2. The SMILES string of the molecule is C[C@]1(Cc2cnn3cc([C@@H](NC(=O)c4nonc4C4CC4)C4CCC(F)(F)CC4)nc3c2)C[C@@H](C(F)(F)F)NC1=O. The second-order valence-electron chi connectivity index (χ2n) is 11.8. The molecule has 0 radical (unpaired) electrons. The van der Waals surface area contributed by atoms with Gasteiger partial charge in [-0.3, -0.25) is 9.59 Å². The third-order valence-corrected chi connectivity index (χ3v) is 8.42. The normalized spacial score (nSPS) is 25.8. The van der Waals surface area contributed by atoms with E-state index in [1.165, 1.54) is 17.6 Å². The molecule has 10 nitrogen and oxygen atoms in total. The van der Waals surface area contributed by atoms with Gasteiger partial charge in [0, 0.05) is 18.8 Å². The van der Waals surface area contributed by atoms with Gasteiger partial charge in [0.25, 0.3) is 5.91 Å². The van der Waals surface area contributed by atoms with E-state index in [1.54, 1.807) is 12.3 Å². The van der Waals surface area contributed by atoms with Crippen molar-refractivity contribution in [3.63, 3.8) is 0 Å². The Morgan fingerprint density at radius 2 is 1.95 bits per heavy atom. The number of alkyl halides is 5. The van der Waals surface area contributed by atoms with Crippen LogP contribution >= 0.6 is 0 Å². The summed E-state index contributed by atoms with van der Waals surface area (Å²) in [4.78, 5) is 30.3. The predicted octanol–water partition coefficient (Wildman–Crippen LogP) is 4.29. The molecule has 3 atom stereocenters. The summed E-state index contributed by atoms with van der Waals surface area (Å²) < 4.78 is 73.8. The summed E-state index contributed by atoms with van der Waals surface area (Å²) in [6.07, 6.45) is -0.484. The summed E-state index contributed by atoms with van der Waals surface area (Å²) in [6.45, 7) is 1.48. The number of nitrogens with one attached hydrogen (secondary N) is 2. The fourth-order valence-corrected chi connectivity index (χ4v) is 5.92. The number of carbonyl (C=O) groups excluding carboxylic acids is 2. The minimum atomic E-state index is -4.54. The molecule has 3 aromatic rings. The van der Waals surface area contributed by atoms with Crippen LogP contribution in [0.4, 0.5) is 22.0 Å². The number of imidazole rings is 1. The second kappa shape index (κ2) is 9.72. The predicted molar refractivity (Wildman–Crippen MR) is 131 cm³/mol. The van der Waals surface area contributed by atoms with E-state index >= 15 is 0 Å². The van der Waals surface area contributed by atoms with Gasteiger partial charge in [0.2, 0.25) is 11.8 Å². The van der Waals surface area contributed by atoms with Crippen molar-refractivity contribution in [2.24, 2.45) is 11.3 Å². The molecular formula is C26H28F5N7O3. The van der Waals surface area contributed by atoms with Gasteiger partial charge in [-0.1, -0.05) is 12.1 Å². The number of aromatic nitrogens is 5. The molecule has 2 aliphatic carbocycles. The molecule has 0 aromatic carbocycles. The first-order chi connectivity index (χ1) is 19.3. The number of rotatable bonds is 7. The molecule has 0 unspecified atom stereocenters. The van der Waals surface area contributed by atoms with Crippen LogP contribution in [-0.4, -0.2) is 54.9 Å². The molecule has 1 aliphatic heterocycles. The quantitative estimate of drug-likeness (QED) is 0.399. The molecule has 2 amide bonds. The van der Waals surface area contributed by atoms with Crippen molar-refractivity contribution in [1.82, 2.24) is 35.5 Å². The van der Waals surface area contributed by atoms with Gasteiger partial charge in [-0.25, -0.2) is 22.9 Å². The first-order valence-electron chi connectivity index (χ1n) is 13.5. The van der Waals surface area contributed by atoms with E-state index in [4.69, 9.17) is 4.63 Å². The molecule has 0 bridgehead atoms. The number of nitrogens with zero attached hydrogens (tertiary/aromatic N) is 5. The minimum Gasteiger partial charge on any atom is -0.344 e. The Kier molecular flexibility index (Phi) is 6.53. The maximum atomic E-state index is 14.0. The van der Waals surface area contributed by atoms with Crippen LogP contribution in [0.25, 0.3) is 5.65 Å². The van der Waals surface area contributed by atoms with E-state index in [0.717, 1.165) is 12.8 Å². The highest BCUT2D eigenvalue weighted by molar-refractivity contribution is 5.93. The lowest BCUT2D eigenvalue weighted by Gasteiger charge is -2.33. The topological polar surface area (TPSA) is 127 Å². The number of hydrogen-bond acceptors (Lipinski definition) is 7. The lowest BCUT2D eigenvalue weighted by molar-refractivity contribution is -0.155. The Balaban J connectivity index is 1.26. The van der Waals surface area contributed by atoms with Crippen molar-refractivity contribution in [2.75, 3.05) is 0 Å². The van der Waals surface area contributed by atoms with Crippen molar-refractivity contribution in [3.8, 4) is 0 Å². The van der Waals surface area contributed by atoms with E-state index in [1.807, 2.05) is 5.32 Å². The second-order valence-corrected chi connectivity index (χ2v) is 11.8. The molecule has 15 heteroatoms. The van der Waals surface area contributed by atoms with Crippen LogP contribution in [0, 0.1) is 11.3 Å². The number of carbonyl (C=O) groups is 2. The van der Waals surface area contributed by atoms with Gasteiger partial charge in [0.05, 0.1) is 29.5 Å². The van der Waals surface area contributed by atoms with Gasteiger partial charge < -0.3 is 10.6 Å². The zero-order valence-corrected chi connectivity index (χ0v) is 22.0. The van der Waals surface area contributed by atoms with Gasteiger partial charge in [-0.2, -0.15) is 18.3 Å². The molecular weight excluding hydrogens is 553 g/mol. The summed E-state index contributed by atoms with van der Waals surface area (Å²) >= 11 is 0. The maximum Gasteiger partial charge on any atom is 0.408 e. The van der Waals surface area contributed by atoms with E-state index in [-0.39, 0.29) is 49.6 Å². The highest BCUT2D eigenvalue weighted by atomic mass is 19.4. The smallest absolute Gasteiger partial charge is 0.344 e. The standard InChI is InChI=1S/C26H28F5N7O3/c1-24(10-17(26(29,30)31)34-23(24)40)9-13-8-18-33-16(12-38(18)32-11-13)19(15-4-6-25(27,28)7-5-15)35-22(39)21-20(14-2-3-14)36-41-37-21/h8,11-12,14-15,17,19H,2-7,9-10H2,1H3,(H,34,40)(H,35,39)/t17-,19-,24-/m0/s1. The van der Waals surface area contributed by atoms with Crippen LogP contribution in [0.15, 0.2) is 23.1 Å². The molecule has 6 rings (SSSR count). The Morgan fingerprint density at radius 1 is 1.22 bits per heavy atom. The van der Waals surface area contributed by atoms with Crippen molar-refractivity contribution in [3.05, 3.63) is 41.1 Å². The first kappa shape index (κ1) is 27.5. The van der Waals surface area contributed by atoms with Crippen LogP contribution in [-0.2, 0) is 11.2 Å². The Morgan fingerprint density at radius 3 is 2.61 bits per heavy atom. The van der Waals surface area contributed by atoms with Gasteiger partial charge in [-0.15, -0.1) is 0 Å². The summed E-state index contributed by atoms with van der Waals surface area (Å²) in [7, 11) is 0. The van der Waals surface area contributed by atoms with Crippen LogP contribution in [0.2, 0.25) is 0 Å². The molecule has 3 aromatic heterocycles. The molecule has 4 heterocycles. The van der Waals surface area contributed by atoms with Crippen LogP contribution in [0.5, 0.6) is 0 Å². The lowest BCUT2D eigenvalue weighted by Crippen LogP contribution is -2.39. The van der Waals surface area contributed by atoms with Gasteiger partial charge in [0.1, 0.15) is 11.7 Å². The van der Waals surface area contributed by atoms with Crippen molar-refractivity contribution < 1.29 is 36.2 Å². The molecule has 2 saturated carbocycles. The fraction of sp³-hybridized carbons (Fsp3) is 0.615. The van der Waals surface area contributed by atoms with E-state index < -0.39 is 47.8 Å². The summed E-state index contributed by atoms with van der Waals surface area (Å²) in [5.41, 5.74) is 0.483. The average molecular weight is 582 g/mol. The van der Waals surface area contributed by atoms with Crippen molar-refractivity contribution >= 4 is 17.5 Å². The third-order valence-electron chi connectivity index (χ3n) is 8.42. The van der Waals surface area contributed by atoms with E-state index in [2.05, 4.69) is 25.7 Å². The van der Waals surface area contributed by atoms with Crippen molar-refractivity contribution in [2.45, 2.75) is 88.4 Å². The van der Waals surface area contributed by atoms with E-state index in [9.17, 15) is 31.5 Å². The number of halogens is 5. The molecule has 0 spiro atoms. The molecule has 3 fully saturated rings. The zero-order valence-electron chi connectivity index (χ0n) is 22.0. The van der Waals surface area contributed by atoms with Crippen LogP contribution in [0.3, 0.4) is 0 Å². The maximum absolute atomic E-state index is 14.0. The third kappa shape index (κ3) is 5.49. The average Bonchev–Trinajstić information content (AvgIpc) is 3.33. The fourth-order valence-electron chi connectivity index (χ4n) is 5.92. The van der Waals surface area contributed by atoms with Crippen LogP contribution < -0.4 is 10.6 Å². The molecule has 2 N–H and O–H groups in total. The van der Waals surface area contributed by atoms with Crippen LogP contribution in [0.1, 0.15) is 91.3 Å². The highest BCUT2D eigenvalue weighted by Gasteiger charge is 2.53. The summed E-state index contributed by atoms with van der Waals surface area (Å²) in [5, 5.41) is 16.9. The van der Waals surface area contributed by atoms with Gasteiger partial charge in [0.15, 0.2) is 11.3 Å². The highest BCUT2D eigenvalue weighted by Crippen LogP contribution is 2.43. The van der Waals surface area contributed by atoms with Gasteiger partial charge >= 0.3 is 6.18 Å². The molecule has 1 saturated heterocycles. The Hall–Kier alpha value is -3.65. The summed E-state index contributed by atoms with van der Waals surface area (Å²) in [5.74, 6) is -4.24. The molecule has 41 heavy (non-hydrogen) atoms. The number of amides is 2. The number of fused-ring (bicyclic) bond motifs is 1. The Labute approximate surface area is 230 Å². The summed E-state index contributed by atoms with van der Waals surface area (Å²) in [6, 6.07) is -1.03. The first-order valence-corrected chi connectivity index (χ1v) is 13.5. The minimum absolute atomic E-state index is 0.0120. The van der Waals surface area contributed by atoms with Crippen molar-refractivity contribution in [1.29, 1.82) is 0 Å². The molecule has 3 aliphatic rings. The number of hydrogen-bond donors (Lipinski definition) is 2. The van der Waals surface area contributed by atoms with Gasteiger partial charge in [-0.05, 0) is 61.2 Å². The lowest BCUT2D eigenvalue weighted by atomic mass is 9.81.